The van der Waals surface area contributed by atoms with E-state index in [2.05, 4.69) is 27.9 Å². The summed E-state index contributed by atoms with van der Waals surface area (Å²) < 4.78 is 0. The SMILES string of the molecule is CCNC(=NCCC(=O)N1CCCC(C)C1)NCCc1cccc(C(=O)NC)c1.I. The van der Waals surface area contributed by atoms with Gasteiger partial charge in [0.25, 0.3) is 5.91 Å². The van der Waals surface area contributed by atoms with Crippen LogP contribution in [-0.2, 0) is 11.2 Å². The Hall–Kier alpha value is -1.84. The van der Waals surface area contributed by atoms with Crippen molar-refractivity contribution in [1.29, 1.82) is 0 Å². The Labute approximate surface area is 197 Å². The minimum absolute atomic E-state index is 0. The summed E-state index contributed by atoms with van der Waals surface area (Å²) in [4.78, 5) is 30.6. The van der Waals surface area contributed by atoms with Gasteiger partial charge >= 0.3 is 0 Å². The van der Waals surface area contributed by atoms with Gasteiger partial charge in [0.2, 0.25) is 5.91 Å². The van der Waals surface area contributed by atoms with Crippen molar-refractivity contribution in [2.45, 2.75) is 39.5 Å². The van der Waals surface area contributed by atoms with Crippen LogP contribution in [0.4, 0.5) is 0 Å². The Morgan fingerprint density at radius 3 is 2.77 bits per heavy atom. The second-order valence-electron chi connectivity index (χ2n) is 7.55. The van der Waals surface area contributed by atoms with Gasteiger partial charge < -0.3 is 20.9 Å². The number of piperidine rings is 1. The molecule has 1 aliphatic rings. The van der Waals surface area contributed by atoms with Crippen LogP contribution in [0.3, 0.4) is 0 Å². The van der Waals surface area contributed by atoms with Crippen molar-refractivity contribution in [2.24, 2.45) is 10.9 Å². The van der Waals surface area contributed by atoms with Gasteiger partial charge in [-0.15, -0.1) is 24.0 Å². The second-order valence-corrected chi connectivity index (χ2v) is 7.55. The molecule has 8 heteroatoms. The molecule has 0 saturated carbocycles. The van der Waals surface area contributed by atoms with E-state index in [0.717, 1.165) is 44.0 Å². The third-order valence-electron chi connectivity index (χ3n) is 5.07. The summed E-state index contributed by atoms with van der Waals surface area (Å²) in [7, 11) is 1.63. The maximum atomic E-state index is 12.4. The predicted octanol–water partition coefficient (Wildman–Crippen LogP) is 2.41. The molecule has 1 unspecified atom stereocenters. The highest BCUT2D eigenvalue weighted by Crippen LogP contribution is 2.16. The zero-order chi connectivity index (χ0) is 21.1. The van der Waals surface area contributed by atoms with Crippen LogP contribution in [0.15, 0.2) is 29.3 Å². The Morgan fingerprint density at radius 1 is 1.27 bits per heavy atom. The molecular weight excluding hydrogens is 493 g/mol. The fourth-order valence-electron chi connectivity index (χ4n) is 3.52. The molecule has 1 atom stereocenters. The molecule has 30 heavy (non-hydrogen) atoms. The summed E-state index contributed by atoms with van der Waals surface area (Å²) in [5.74, 6) is 1.43. The van der Waals surface area contributed by atoms with E-state index < -0.39 is 0 Å². The molecule has 0 radical (unpaired) electrons. The largest absolute Gasteiger partial charge is 0.357 e. The third kappa shape index (κ3) is 8.89. The molecule has 1 aliphatic heterocycles. The number of halogens is 1. The number of rotatable bonds is 8. The van der Waals surface area contributed by atoms with Crippen LogP contribution < -0.4 is 16.0 Å². The Balaban J connectivity index is 0.00000450. The van der Waals surface area contributed by atoms with Crippen LogP contribution in [0.25, 0.3) is 0 Å². The molecule has 0 spiro atoms. The molecule has 1 fully saturated rings. The Kier molecular flexibility index (Phi) is 12.4. The zero-order valence-electron chi connectivity index (χ0n) is 18.4. The van der Waals surface area contributed by atoms with Crippen LogP contribution >= 0.6 is 24.0 Å². The summed E-state index contributed by atoms with van der Waals surface area (Å²) in [5, 5.41) is 9.17. The molecule has 2 amide bonds. The van der Waals surface area contributed by atoms with E-state index in [1.165, 1.54) is 6.42 Å². The fraction of sp³-hybridized carbons (Fsp3) is 0.591. The van der Waals surface area contributed by atoms with E-state index in [1.54, 1.807) is 13.1 Å². The molecule has 1 aromatic carbocycles. The van der Waals surface area contributed by atoms with Crippen LogP contribution in [0.2, 0.25) is 0 Å². The molecule has 0 aliphatic carbocycles. The van der Waals surface area contributed by atoms with Crippen molar-refractivity contribution in [1.82, 2.24) is 20.9 Å². The number of aliphatic imine (C=N–C) groups is 1. The number of carbonyl (C=O) groups excluding carboxylic acids is 2. The van der Waals surface area contributed by atoms with E-state index in [-0.39, 0.29) is 35.8 Å². The summed E-state index contributed by atoms with van der Waals surface area (Å²) in [5.41, 5.74) is 1.75. The van der Waals surface area contributed by atoms with Gasteiger partial charge in [0, 0.05) is 45.2 Å². The highest BCUT2D eigenvalue weighted by molar-refractivity contribution is 14.0. The van der Waals surface area contributed by atoms with Crippen molar-refractivity contribution in [2.75, 3.05) is 39.8 Å². The quantitative estimate of drug-likeness (QED) is 0.275. The maximum Gasteiger partial charge on any atom is 0.251 e. The first-order valence-electron chi connectivity index (χ1n) is 10.6. The van der Waals surface area contributed by atoms with Gasteiger partial charge in [-0.25, -0.2) is 0 Å². The van der Waals surface area contributed by atoms with Crippen molar-refractivity contribution in [3.05, 3.63) is 35.4 Å². The predicted molar refractivity (Wildman–Crippen MR) is 133 cm³/mol. The lowest BCUT2D eigenvalue weighted by Gasteiger charge is -2.30. The molecule has 1 heterocycles. The molecule has 168 valence electrons. The van der Waals surface area contributed by atoms with E-state index in [0.29, 0.717) is 31.0 Å². The number of guanidine groups is 1. The van der Waals surface area contributed by atoms with Crippen LogP contribution in [0.1, 0.15) is 49.0 Å². The minimum Gasteiger partial charge on any atom is -0.357 e. The number of nitrogens with one attached hydrogen (secondary N) is 3. The normalized spacial score (nSPS) is 16.4. The Bertz CT molecular complexity index is 711. The van der Waals surface area contributed by atoms with Gasteiger partial charge in [-0.1, -0.05) is 19.1 Å². The lowest BCUT2D eigenvalue weighted by Crippen LogP contribution is -2.40. The lowest BCUT2D eigenvalue weighted by atomic mass is 10.00. The average Bonchev–Trinajstić information content (AvgIpc) is 2.73. The molecule has 1 saturated heterocycles. The minimum atomic E-state index is -0.0810. The van der Waals surface area contributed by atoms with Crippen molar-refractivity contribution in [3.8, 4) is 0 Å². The van der Waals surface area contributed by atoms with E-state index >= 15 is 0 Å². The summed E-state index contributed by atoms with van der Waals surface area (Å²) in [6, 6.07) is 7.62. The number of hydrogen-bond acceptors (Lipinski definition) is 3. The van der Waals surface area contributed by atoms with Crippen LogP contribution in [0, 0.1) is 5.92 Å². The number of carbonyl (C=O) groups is 2. The van der Waals surface area contributed by atoms with Gasteiger partial charge in [-0.05, 0) is 49.8 Å². The number of likely N-dealkylation sites (tertiary alicyclic amines) is 1. The first-order chi connectivity index (χ1) is 14.0. The van der Waals surface area contributed by atoms with Gasteiger partial charge in [0.1, 0.15) is 0 Å². The molecule has 7 nitrogen and oxygen atoms in total. The molecule has 3 N–H and O–H groups in total. The van der Waals surface area contributed by atoms with E-state index in [4.69, 9.17) is 0 Å². The van der Waals surface area contributed by atoms with Crippen molar-refractivity contribution < 1.29 is 9.59 Å². The van der Waals surface area contributed by atoms with Crippen LogP contribution in [0.5, 0.6) is 0 Å². The molecule has 2 rings (SSSR count). The number of benzene rings is 1. The summed E-state index contributed by atoms with van der Waals surface area (Å²) in [6.07, 6.45) is 3.53. The van der Waals surface area contributed by atoms with Crippen molar-refractivity contribution in [3.63, 3.8) is 0 Å². The van der Waals surface area contributed by atoms with Gasteiger partial charge in [-0.3, -0.25) is 14.6 Å². The van der Waals surface area contributed by atoms with Gasteiger partial charge in [0.05, 0.1) is 6.54 Å². The van der Waals surface area contributed by atoms with Crippen LogP contribution in [-0.4, -0.2) is 62.4 Å². The molecule has 0 bridgehead atoms. The fourth-order valence-corrected chi connectivity index (χ4v) is 3.52. The van der Waals surface area contributed by atoms with Gasteiger partial charge in [0.15, 0.2) is 5.96 Å². The number of hydrogen-bond donors (Lipinski definition) is 3. The first-order valence-corrected chi connectivity index (χ1v) is 10.6. The molecule has 0 aromatic heterocycles. The highest BCUT2D eigenvalue weighted by Gasteiger charge is 2.20. The van der Waals surface area contributed by atoms with E-state index in [9.17, 15) is 9.59 Å². The monoisotopic (exact) mass is 529 g/mol. The second kappa shape index (κ2) is 14.2. The standard InChI is InChI=1S/C22H35N5O2.HI/c1-4-24-22(26-13-11-20(28)27-14-6-7-17(2)16-27)25-12-10-18-8-5-9-19(15-18)21(29)23-3;/h5,8-9,15,17H,4,6-7,10-14,16H2,1-3H3,(H,23,29)(H2,24,25,26);1H. The number of amides is 2. The van der Waals surface area contributed by atoms with Gasteiger partial charge in [-0.2, -0.15) is 0 Å². The van der Waals surface area contributed by atoms with E-state index in [1.807, 2.05) is 30.0 Å². The first kappa shape index (κ1) is 26.2. The smallest absolute Gasteiger partial charge is 0.251 e. The maximum absolute atomic E-state index is 12.4. The number of nitrogens with zero attached hydrogens (tertiary/aromatic N) is 2. The third-order valence-corrected chi connectivity index (χ3v) is 5.07. The Morgan fingerprint density at radius 2 is 2.07 bits per heavy atom. The highest BCUT2D eigenvalue weighted by atomic mass is 127. The summed E-state index contributed by atoms with van der Waals surface area (Å²) in [6.45, 7) is 7.90. The van der Waals surface area contributed by atoms with Crippen molar-refractivity contribution >= 4 is 41.8 Å². The topological polar surface area (TPSA) is 85.8 Å². The molecule has 1 aromatic rings. The average molecular weight is 529 g/mol. The zero-order valence-corrected chi connectivity index (χ0v) is 20.7. The molecular formula is C22H36IN5O2. The lowest BCUT2D eigenvalue weighted by molar-refractivity contribution is -0.132. The summed E-state index contributed by atoms with van der Waals surface area (Å²) >= 11 is 0.